The van der Waals surface area contributed by atoms with Crippen LogP contribution in [0.4, 0.5) is 11.4 Å². The Morgan fingerprint density at radius 2 is 1.49 bits per heavy atom. The second-order valence-electron chi connectivity index (χ2n) is 9.35. The van der Waals surface area contributed by atoms with Crippen LogP contribution < -0.4 is 9.80 Å². The number of rotatable bonds is 4. The summed E-state index contributed by atoms with van der Waals surface area (Å²) in [6.45, 7) is 11.2. The molecule has 9 nitrogen and oxygen atoms in total. The van der Waals surface area contributed by atoms with Gasteiger partial charge in [0.15, 0.2) is 0 Å². The fraction of sp³-hybridized carbons (Fsp3) is 0.250. The number of imide groups is 1. The molecule has 2 N–H and O–H groups in total. The van der Waals surface area contributed by atoms with Crippen LogP contribution in [0.15, 0.2) is 47.2 Å². The van der Waals surface area contributed by atoms with Crippen molar-refractivity contribution in [3.8, 4) is 0 Å². The maximum absolute atomic E-state index is 13.7. The van der Waals surface area contributed by atoms with Gasteiger partial charge in [-0.1, -0.05) is 0 Å². The summed E-state index contributed by atoms with van der Waals surface area (Å²) in [5.74, 6) is -4.50. The van der Waals surface area contributed by atoms with E-state index in [0.29, 0.717) is 4.90 Å². The summed E-state index contributed by atoms with van der Waals surface area (Å²) < 4.78 is 0. The third-order valence-electron chi connectivity index (χ3n) is 7.05. The molecule has 2 aromatic rings. The number of hydrogen-bond acceptors (Lipinski definition) is 5. The molecule has 2 aromatic carbocycles. The molecule has 0 atom stereocenters. The monoisotopic (exact) mass is 497 g/mol. The lowest BCUT2D eigenvalue weighted by Gasteiger charge is -2.37. The molecule has 0 radical (unpaired) electrons. The van der Waals surface area contributed by atoms with Crippen molar-refractivity contribution in [3.05, 3.63) is 86.4 Å². The zero-order valence-electron chi connectivity index (χ0n) is 20.1. The van der Waals surface area contributed by atoms with Gasteiger partial charge in [0.1, 0.15) is 0 Å². The summed E-state index contributed by atoms with van der Waals surface area (Å²) in [6, 6.07) is 7.14. The first kappa shape index (κ1) is 24.0. The lowest BCUT2D eigenvalue weighted by Crippen LogP contribution is -2.42. The van der Waals surface area contributed by atoms with Gasteiger partial charge in [-0.2, -0.15) is 0 Å². The molecule has 9 heteroatoms. The maximum atomic E-state index is 13.7. The van der Waals surface area contributed by atoms with Gasteiger partial charge in [0.2, 0.25) is 0 Å². The molecule has 0 saturated carbocycles. The highest BCUT2D eigenvalue weighted by atomic mass is 16.4. The van der Waals surface area contributed by atoms with Crippen LogP contribution in [0.2, 0.25) is 0 Å². The van der Waals surface area contributed by atoms with Crippen LogP contribution >= 0.6 is 0 Å². The number of aromatic carboxylic acids is 2. The minimum Gasteiger partial charge on any atom is -0.478 e. The summed E-state index contributed by atoms with van der Waals surface area (Å²) in [6.07, 6.45) is 5.60. The van der Waals surface area contributed by atoms with E-state index in [1.807, 2.05) is 12.1 Å². The van der Waals surface area contributed by atoms with Crippen LogP contribution in [0.25, 0.3) is 10.9 Å². The van der Waals surface area contributed by atoms with Crippen LogP contribution in [0.1, 0.15) is 57.2 Å². The largest absolute Gasteiger partial charge is 0.478 e. The molecule has 0 unspecified atom stereocenters. The minimum absolute atomic E-state index is 0.124. The molecule has 0 fully saturated rings. The second kappa shape index (κ2) is 9.06. The van der Waals surface area contributed by atoms with Crippen LogP contribution in [0.5, 0.6) is 0 Å². The van der Waals surface area contributed by atoms with E-state index in [1.165, 1.54) is 23.7 Å². The Kier molecular flexibility index (Phi) is 5.88. The number of amides is 2. The normalized spacial score (nSPS) is 18.1. The van der Waals surface area contributed by atoms with Gasteiger partial charge in [0.05, 0.1) is 23.4 Å². The van der Waals surface area contributed by atoms with Crippen molar-refractivity contribution in [1.82, 2.24) is 0 Å². The zero-order valence-corrected chi connectivity index (χ0v) is 20.1. The fourth-order valence-corrected chi connectivity index (χ4v) is 5.37. The molecule has 5 rings (SSSR count). The van der Waals surface area contributed by atoms with Crippen LogP contribution in [0.3, 0.4) is 0 Å². The zero-order chi connectivity index (χ0) is 26.4. The number of anilines is 2. The molecule has 37 heavy (non-hydrogen) atoms. The highest BCUT2D eigenvalue weighted by Crippen LogP contribution is 2.38. The van der Waals surface area contributed by atoms with Gasteiger partial charge in [0, 0.05) is 24.4 Å². The van der Waals surface area contributed by atoms with Crippen molar-refractivity contribution in [2.75, 3.05) is 22.9 Å². The predicted molar refractivity (Wildman–Crippen MR) is 135 cm³/mol. The Hall–Kier alpha value is -4.71. The van der Waals surface area contributed by atoms with Crippen molar-refractivity contribution < 1.29 is 29.4 Å². The second-order valence-corrected chi connectivity index (χ2v) is 9.35. The predicted octanol–water partition coefficient (Wildman–Crippen LogP) is 3.93. The molecule has 0 saturated heterocycles. The Morgan fingerprint density at radius 3 is 2.00 bits per heavy atom. The fourth-order valence-electron chi connectivity index (χ4n) is 5.37. The molecule has 0 aromatic heterocycles. The van der Waals surface area contributed by atoms with Gasteiger partial charge in [-0.3, -0.25) is 14.5 Å². The Bertz CT molecular complexity index is 1450. The van der Waals surface area contributed by atoms with Crippen molar-refractivity contribution in [2.45, 2.75) is 32.6 Å². The van der Waals surface area contributed by atoms with Crippen molar-refractivity contribution in [3.63, 3.8) is 0 Å². The summed E-state index contributed by atoms with van der Waals surface area (Å²) in [7, 11) is 0. The number of hydrogen-bond donors (Lipinski definition) is 2. The minimum atomic E-state index is -1.41. The lowest BCUT2D eigenvalue weighted by molar-refractivity contribution is -0.123. The average molecular weight is 498 g/mol. The van der Waals surface area contributed by atoms with E-state index >= 15 is 0 Å². The van der Waals surface area contributed by atoms with E-state index in [-0.39, 0.29) is 22.5 Å². The molecule has 3 heterocycles. The molecule has 3 aliphatic rings. The number of nitrogens with zero attached hydrogens (tertiary/aromatic N) is 3. The molecule has 186 valence electrons. The van der Waals surface area contributed by atoms with E-state index in [1.54, 1.807) is 6.08 Å². The summed E-state index contributed by atoms with van der Waals surface area (Å²) in [5.41, 5.74) is 3.53. The third-order valence-corrected chi connectivity index (χ3v) is 7.05. The highest BCUT2D eigenvalue weighted by Gasteiger charge is 2.37. The van der Waals surface area contributed by atoms with Crippen LogP contribution in [0, 0.1) is 6.57 Å². The molecule has 3 aliphatic heterocycles. The van der Waals surface area contributed by atoms with Gasteiger partial charge < -0.3 is 15.1 Å². The van der Waals surface area contributed by atoms with Gasteiger partial charge in [-0.05, 0) is 91.3 Å². The van der Waals surface area contributed by atoms with Gasteiger partial charge in [0.25, 0.3) is 17.5 Å². The lowest BCUT2D eigenvalue weighted by atomic mass is 9.88. The average Bonchev–Trinajstić information content (AvgIpc) is 2.87. The molecule has 0 spiro atoms. The summed E-state index contributed by atoms with van der Waals surface area (Å²) in [4.78, 5) is 56.5. The topological polar surface area (TPSA) is 120 Å². The van der Waals surface area contributed by atoms with E-state index in [0.717, 1.165) is 62.5 Å². The van der Waals surface area contributed by atoms with Gasteiger partial charge in [-0.25, -0.2) is 14.4 Å². The first-order valence-corrected chi connectivity index (χ1v) is 11.9. The SMILES string of the molecule is [C-]#[N+]C1=C(C)/C(=C/c2cc3c4c(c2)CCCN4CCC3)C(=O)N(c2cc(C(=O)O)cc(C(=O)O)c2)C1=O. The number of benzene rings is 2. The first-order valence-electron chi connectivity index (χ1n) is 11.9. The van der Waals surface area contributed by atoms with Crippen molar-refractivity contribution in [2.24, 2.45) is 0 Å². The maximum Gasteiger partial charge on any atom is 0.335 e. The molecular formula is C28H23N3O6. The number of aryl methyl sites for hydroxylation is 2. The molecule has 2 amide bonds. The van der Waals surface area contributed by atoms with Gasteiger partial charge >= 0.3 is 11.9 Å². The molecule has 0 aliphatic carbocycles. The van der Waals surface area contributed by atoms with Gasteiger partial charge in [-0.15, -0.1) is 0 Å². The van der Waals surface area contributed by atoms with E-state index < -0.39 is 34.9 Å². The quantitative estimate of drug-likeness (QED) is 0.373. The Morgan fingerprint density at radius 1 is 0.919 bits per heavy atom. The third kappa shape index (κ3) is 4.06. The molecular weight excluding hydrogens is 474 g/mol. The molecule has 0 bridgehead atoms. The number of carboxylic acid groups (broad SMARTS) is 2. The first-order chi connectivity index (χ1) is 17.7. The van der Waals surface area contributed by atoms with Crippen molar-refractivity contribution >= 4 is 41.2 Å². The van der Waals surface area contributed by atoms with E-state index in [4.69, 9.17) is 6.57 Å². The van der Waals surface area contributed by atoms with E-state index in [9.17, 15) is 29.4 Å². The van der Waals surface area contributed by atoms with Crippen LogP contribution in [-0.2, 0) is 22.4 Å². The smallest absolute Gasteiger partial charge is 0.335 e. The standard InChI is InChI=1S/C28H23N3O6/c1-15-22(11-16-9-17-5-3-7-30-8-4-6-18(10-16)24(17)30)25(32)31(26(33)23(15)29-2)21-13-19(27(34)35)12-20(14-21)28(36)37/h9-14H,3-8H2,1H3,(H,34,35)(H,36,37)/b22-11-. The Labute approximate surface area is 212 Å². The summed E-state index contributed by atoms with van der Waals surface area (Å²) in [5, 5.41) is 18.9. The van der Waals surface area contributed by atoms with E-state index in [2.05, 4.69) is 9.74 Å². The number of carboxylic acids is 2. The Balaban J connectivity index is 1.65. The summed E-state index contributed by atoms with van der Waals surface area (Å²) >= 11 is 0. The highest BCUT2D eigenvalue weighted by molar-refractivity contribution is 6.32. The van der Waals surface area contributed by atoms with Crippen LogP contribution in [-0.4, -0.2) is 47.1 Å². The number of carbonyl (C=O) groups excluding carboxylic acids is 2. The number of carbonyl (C=O) groups is 4. The van der Waals surface area contributed by atoms with Crippen molar-refractivity contribution in [1.29, 1.82) is 0 Å².